The molecule has 0 saturated heterocycles. The van der Waals surface area contributed by atoms with Gasteiger partial charge in [0.05, 0.1) is 0 Å². The molecule has 1 aliphatic heterocycles. The largest absolute Gasteiger partial charge is 0.433 e. The minimum absolute atomic E-state index is 0.0239. The molecule has 0 N–H and O–H groups in total. The highest BCUT2D eigenvalue weighted by Gasteiger charge is 2.23. The molecule has 6 heteroatoms. The van der Waals surface area contributed by atoms with Gasteiger partial charge in [0.1, 0.15) is 10.8 Å². The molecule has 4 nitrogen and oxygen atoms in total. The number of hydrogen-bond acceptors (Lipinski definition) is 4. The molecule has 0 spiro atoms. The summed E-state index contributed by atoms with van der Waals surface area (Å²) in [4.78, 5) is 0. The predicted octanol–water partition coefficient (Wildman–Crippen LogP) is 2.75. The van der Waals surface area contributed by atoms with E-state index in [9.17, 15) is 8.42 Å². The first-order chi connectivity index (χ1) is 8.26. The molecule has 0 atom stereocenters. The number of rotatable bonds is 1. The summed E-state index contributed by atoms with van der Waals surface area (Å²) in [7, 11) is -3.33. The van der Waals surface area contributed by atoms with Gasteiger partial charge in [-0.25, -0.2) is 8.42 Å². The fourth-order valence-corrected chi connectivity index (χ4v) is 3.65. The molecule has 98 valence electrons. The average molecular weight is 285 g/mol. The molecule has 1 aromatic carbocycles. The van der Waals surface area contributed by atoms with Gasteiger partial charge in [-0.3, -0.25) is 0 Å². The Morgan fingerprint density at radius 1 is 1.33 bits per heavy atom. The van der Waals surface area contributed by atoms with E-state index in [0.717, 1.165) is 17.3 Å². The average Bonchev–Trinajstić information content (AvgIpc) is 2.57. The number of thioether (sulfide) groups is 1. The first-order valence-corrected chi connectivity index (χ1v) is 8.10. The van der Waals surface area contributed by atoms with Crippen LogP contribution in [-0.4, -0.2) is 18.7 Å². The van der Waals surface area contributed by atoms with Gasteiger partial charge < -0.3 is 4.74 Å². The van der Waals surface area contributed by atoms with Crippen molar-refractivity contribution >= 4 is 27.0 Å². The molecule has 0 aliphatic carbocycles. The van der Waals surface area contributed by atoms with E-state index in [1.54, 1.807) is 6.07 Å². The first-order valence-electron chi connectivity index (χ1n) is 5.50. The standard InChI is InChI=1S/C12H15NO3S2/c1-12(2,3)9-5-4-6-10(7-9)16-11-13-18(14,15)8-17-11/h4-7H,8H2,1-3H3. The van der Waals surface area contributed by atoms with Gasteiger partial charge in [-0.15, -0.1) is 4.40 Å². The van der Waals surface area contributed by atoms with Gasteiger partial charge in [0, 0.05) is 0 Å². The van der Waals surface area contributed by atoms with Crippen LogP contribution in [0.2, 0.25) is 0 Å². The Balaban J connectivity index is 2.21. The zero-order valence-electron chi connectivity index (χ0n) is 10.5. The van der Waals surface area contributed by atoms with Crippen molar-refractivity contribution < 1.29 is 13.2 Å². The molecule has 1 aromatic rings. The van der Waals surface area contributed by atoms with E-state index >= 15 is 0 Å². The van der Waals surface area contributed by atoms with Gasteiger partial charge in [-0.05, 0) is 34.9 Å². The van der Waals surface area contributed by atoms with E-state index < -0.39 is 10.0 Å². The van der Waals surface area contributed by atoms with Crippen molar-refractivity contribution in [2.24, 2.45) is 4.40 Å². The second-order valence-corrected chi connectivity index (χ2v) is 8.01. The normalized spacial score (nSPS) is 18.5. The van der Waals surface area contributed by atoms with Crippen LogP contribution in [0.3, 0.4) is 0 Å². The zero-order valence-corrected chi connectivity index (χ0v) is 12.1. The molecule has 0 amide bonds. The highest BCUT2D eigenvalue weighted by molar-refractivity contribution is 8.24. The Morgan fingerprint density at radius 2 is 2.06 bits per heavy atom. The molecular weight excluding hydrogens is 270 g/mol. The molecule has 1 aliphatic rings. The zero-order chi connectivity index (χ0) is 13.4. The Bertz CT molecular complexity index is 586. The minimum Gasteiger partial charge on any atom is -0.433 e. The Hall–Kier alpha value is -1.01. The Morgan fingerprint density at radius 3 is 2.61 bits per heavy atom. The molecular formula is C12H15NO3S2. The van der Waals surface area contributed by atoms with Crippen LogP contribution >= 0.6 is 11.8 Å². The van der Waals surface area contributed by atoms with Crippen molar-refractivity contribution in [1.82, 2.24) is 0 Å². The van der Waals surface area contributed by atoms with Crippen LogP contribution in [0.15, 0.2) is 28.7 Å². The number of nitrogens with zero attached hydrogens (tertiary/aromatic N) is 1. The van der Waals surface area contributed by atoms with Gasteiger partial charge in [0.15, 0.2) is 0 Å². The highest BCUT2D eigenvalue weighted by Crippen LogP contribution is 2.28. The van der Waals surface area contributed by atoms with Gasteiger partial charge >= 0.3 is 0 Å². The van der Waals surface area contributed by atoms with Crippen LogP contribution in [0.4, 0.5) is 0 Å². The molecule has 2 rings (SSSR count). The lowest BCUT2D eigenvalue weighted by Crippen LogP contribution is -2.11. The molecule has 0 bridgehead atoms. The van der Waals surface area contributed by atoms with E-state index in [1.807, 2.05) is 18.2 Å². The smallest absolute Gasteiger partial charge is 0.268 e. The summed E-state index contributed by atoms with van der Waals surface area (Å²) in [6.07, 6.45) is 0. The van der Waals surface area contributed by atoms with Crippen LogP contribution in [0.25, 0.3) is 0 Å². The molecule has 0 radical (unpaired) electrons. The predicted molar refractivity (Wildman–Crippen MR) is 74.6 cm³/mol. The summed E-state index contributed by atoms with van der Waals surface area (Å²) in [5.74, 6) is 0.616. The maximum Gasteiger partial charge on any atom is 0.268 e. The van der Waals surface area contributed by atoms with E-state index in [0.29, 0.717) is 5.75 Å². The third-order valence-electron chi connectivity index (χ3n) is 2.45. The van der Waals surface area contributed by atoms with E-state index in [2.05, 4.69) is 25.2 Å². The number of ether oxygens (including phenoxy) is 1. The number of benzene rings is 1. The van der Waals surface area contributed by atoms with Crippen molar-refractivity contribution in [3.8, 4) is 5.75 Å². The fourth-order valence-electron chi connectivity index (χ4n) is 1.47. The molecule has 0 unspecified atom stereocenters. The highest BCUT2D eigenvalue weighted by atomic mass is 32.3. The number of hydrogen-bond donors (Lipinski definition) is 0. The molecule has 0 aromatic heterocycles. The molecule has 0 fully saturated rings. The lowest BCUT2D eigenvalue weighted by molar-refractivity contribution is 0.551. The van der Waals surface area contributed by atoms with Crippen LogP contribution in [0, 0.1) is 0 Å². The summed E-state index contributed by atoms with van der Waals surface area (Å²) >= 11 is 1.10. The SMILES string of the molecule is CC(C)(C)c1cccc(OC2=NS(=O)(=O)CS2)c1. The lowest BCUT2D eigenvalue weighted by Gasteiger charge is -2.19. The number of sulfonamides is 1. The summed E-state index contributed by atoms with van der Waals surface area (Å²) in [6, 6.07) is 7.62. The Kier molecular flexibility index (Phi) is 3.42. The van der Waals surface area contributed by atoms with Crippen molar-refractivity contribution in [2.45, 2.75) is 26.2 Å². The van der Waals surface area contributed by atoms with Gasteiger partial charge in [0.2, 0.25) is 0 Å². The molecule has 18 heavy (non-hydrogen) atoms. The molecule has 0 saturated carbocycles. The van der Waals surface area contributed by atoms with Crippen LogP contribution in [0.1, 0.15) is 26.3 Å². The van der Waals surface area contributed by atoms with Gasteiger partial charge in [-0.2, -0.15) is 0 Å². The molecule has 1 heterocycles. The van der Waals surface area contributed by atoms with Crippen LogP contribution in [0.5, 0.6) is 5.75 Å². The minimum atomic E-state index is -3.33. The Labute approximate surface area is 112 Å². The van der Waals surface area contributed by atoms with Gasteiger partial charge in [0.25, 0.3) is 15.3 Å². The third kappa shape index (κ3) is 3.26. The van der Waals surface area contributed by atoms with Crippen molar-refractivity contribution in [3.63, 3.8) is 0 Å². The fraction of sp³-hybridized carbons (Fsp3) is 0.417. The third-order valence-corrected chi connectivity index (χ3v) is 5.09. The van der Waals surface area contributed by atoms with E-state index in [-0.39, 0.29) is 15.7 Å². The van der Waals surface area contributed by atoms with Gasteiger partial charge in [-0.1, -0.05) is 32.9 Å². The second kappa shape index (κ2) is 4.59. The quantitative estimate of drug-likeness (QED) is 0.796. The topological polar surface area (TPSA) is 55.7 Å². The maximum absolute atomic E-state index is 11.2. The lowest BCUT2D eigenvalue weighted by atomic mass is 9.87. The van der Waals surface area contributed by atoms with Crippen LogP contribution in [-0.2, 0) is 15.4 Å². The maximum atomic E-state index is 11.2. The summed E-state index contributed by atoms with van der Waals surface area (Å²) < 4.78 is 31.4. The van der Waals surface area contributed by atoms with Crippen molar-refractivity contribution in [1.29, 1.82) is 0 Å². The summed E-state index contributed by atoms with van der Waals surface area (Å²) in [5, 5.41) is 0.155. The first kappa shape index (κ1) is 13.4. The summed E-state index contributed by atoms with van der Waals surface area (Å²) in [6.45, 7) is 6.33. The van der Waals surface area contributed by atoms with Crippen LogP contribution < -0.4 is 4.74 Å². The van der Waals surface area contributed by atoms with Crippen molar-refractivity contribution in [2.75, 3.05) is 5.08 Å². The second-order valence-electron chi connectivity index (χ2n) is 5.08. The monoisotopic (exact) mass is 285 g/mol. The summed E-state index contributed by atoms with van der Waals surface area (Å²) in [5.41, 5.74) is 1.15. The van der Waals surface area contributed by atoms with Crippen molar-refractivity contribution in [3.05, 3.63) is 29.8 Å². The van der Waals surface area contributed by atoms with E-state index in [1.165, 1.54) is 0 Å². The van der Waals surface area contributed by atoms with E-state index in [4.69, 9.17) is 4.74 Å².